The van der Waals surface area contributed by atoms with Crippen LogP contribution < -0.4 is 10.2 Å². The highest BCUT2D eigenvalue weighted by atomic mass is 16.1. The summed E-state index contributed by atoms with van der Waals surface area (Å²) in [6, 6.07) is 8.49. The van der Waals surface area contributed by atoms with E-state index in [1.54, 1.807) is 0 Å². The standard InChI is InChI=1S/C19H28N4O/c1-6-11-23-13-18(15(3)21-23)19(24)20-14(2)12-16-7-9-17(10-8-16)22(4)5/h7-10,13-14H,6,11-12H2,1-5H3,(H,20,24). The lowest BCUT2D eigenvalue weighted by Gasteiger charge is -2.16. The van der Waals surface area contributed by atoms with Crippen molar-refractivity contribution in [1.82, 2.24) is 15.1 Å². The molecule has 0 fully saturated rings. The number of carbonyl (C=O) groups excluding carboxylic acids is 1. The summed E-state index contributed by atoms with van der Waals surface area (Å²) >= 11 is 0. The van der Waals surface area contributed by atoms with Crippen molar-refractivity contribution >= 4 is 11.6 Å². The fraction of sp³-hybridized carbons (Fsp3) is 0.474. The highest BCUT2D eigenvalue weighted by Gasteiger charge is 2.15. The minimum atomic E-state index is -0.0488. The molecule has 1 N–H and O–H groups in total. The molecule has 0 aliphatic heterocycles. The lowest BCUT2D eigenvalue weighted by atomic mass is 10.1. The lowest BCUT2D eigenvalue weighted by Crippen LogP contribution is -2.34. The Morgan fingerprint density at radius 3 is 2.54 bits per heavy atom. The molecule has 2 rings (SSSR count). The molecule has 1 unspecified atom stereocenters. The van der Waals surface area contributed by atoms with E-state index in [0.717, 1.165) is 25.1 Å². The average molecular weight is 328 g/mol. The molecule has 130 valence electrons. The molecule has 0 radical (unpaired) electrons. The Bertz CT molecular complexity index is 673. The quantitative estimate of drug-likeness (QED) is 0.850. The first-order valence-electron chi connectivity index (χ1n) is 8.52. The Morgan fingerprint density at radius 2 is 1.96 bits per heavy atom. The minimum absolute atomic E-state index is 0.0488. The monoisotopic (exact) mass is 328 g/mol. The summed E-state index contributed by atoms with van der Waals surface area (Å²) in [6.07, 6.45) is 3.65. The maximum atomic E-state index is 12.5. The van der Waals surface area contributed by atoms with Crippen LogP contribution in [0.4, 0.5) is 5.69 Å². The van der Waals surface area contributed by atoms with Gasteiger partial charge in [-0.05, 0) is 44.4 Å². The zero-order valence-electron chi connectivity index (χ0n) is 15.3. The molecule has 0 bridgehead atoms. The molecular weight excluding hydrogens is 300 g/mol. The SMILES string of the molecule is CCCn1cc(C(=O)NC(C)Cc2ccc(N(C)C)cc2)c(C)n1. The van der Waals surface area contributed by atoms with Crippen molar-refractivity contribution in [2.24, 2.45) is 0 Å². The first-order chi connectivity index (χ1) is 11.4. The maximum absolute atomic E-state index is 12.5. The Kier molecular flexibility index (Phi) is 6.01. The van der Waals surface area contributed by atoms with E-state index < -0.39 is 0 Å². The molecule has 1 atom stereocenters. The summed E-state index contributed by atoms with van der Waals surface area (Å²) in [7, 11) is 4.05. The molecule has 5 nitrogen and oxygen atoms in total. The summed E-state index contributed by atoms with van der Waals surface area (Å²) in [5, 5.41) is 7.47. The first kappa shape index (κ1) is 18.0. The van der Waals surface area contributed by atoms with Crippen molar-refractivity contribution < 1.29 is 4.79 Å². The van der Waals surface area contributed by atoms with Crippen LogP contribution in [-0.4, -0.2) is 35.8 Å². The highest BCUT2D eigenvalue weighted by Crippen LogP contribution is 2.14. The molecule has 0 aliphatic rings. The number of hydrogen-bond acceptors (Lipinski definition) is 3. The van der Waals surface area contributed by atoms with Crippen LogP contribution in [-0.2, 0) is 13.0 Å². The van der Waals surface area contributed by atoms with Crippen LogP contribution >= 0.6 is 0 Å². The summed E-state index contributed by atoms with van der Waals surface area (Å²) in [5.41, 5.74) is 3.84. The van der Waals surface area contributed by atoms with Crippen molar-refractivity contribution in [3.63, 3.8) is 0 Å². The molecule has 1 heterocycles. The van der Waals surface area contributed by atoms with Gasteiger partial charge in [0.05, 0.1) is 11.3 Å². The van der Waals surface area contributed by atoms with Crippen LogP contribution in [0.2, 0.25) is 0 Å². The van der Waals surface area contributed by atoms with Gasteiger partial charge in [-0.2, -0.15) is 5.10 Å². The van der Waals surface area contributed by atoms with Crippen molar-refractivity contribution in [3.05, 3.63) is 47.3 Å². The third-order valence-electron chi connectivity index (χ3n) is 4.02. The second kappa shape index (κ2) is 7.99. The Balaban J connectivity index is 1.96. The summed E-state index contributed by atoms with van der Waals surface area (Å²) in [6.45, 7) is 6.84. The van der Waals surface area contributed by atoms with E-state index in [2.05, 4.69) is 46.5 Å². The van der Waals surface area contributed by atoms with Crippen LogP contribution in [0.15, 0.2) is 30.5 Å². The zero-order chi connectivity index (χ0) is 17.7. The molecule has 24 heavy (non-hydrogen) atoms. The van der Waals surface area contributed by atoms with Crippen molar-refractivity contribution in [1.29, 1.82) is 0 Å². The fourth-order valence-corrected chi connectivity index (χ4v) is 2.72. The molecular formula is C19H28N4O. The number of aryl methyl sites for hydroxylation is 2. The van der Waals surface area contributed by atoms with E-state index in [1.807, 2.05) is 38.8 Å². The summed E-state index contributed by atoms with van der Waals surface area (Å²) in [4.78, 5) is 14.5. The van der Waals surface area contributed by atoms with Gasteiger partial charge >= 0.3 is 0 Å². The maximum Gasteiger partial charge on any atom is 0.254 e. The van der Waals surface area contributed by atoms with Gasteiger partial charge in [-0.15, -0.1) is 0 Å². The van der Waals surface area contributed by atoms with E-state index >= 15 is 0 Å². The Labute approximate surface area is 144 Å². The van der Waals surface area contributed by atoms with Gasteiger partial charge in [-0.25, -0.2) is 0 Å². The van der Waals surface area contributed by atoms with E-state index in [1.165, 1.54) is 11.3 Å². The van der Waals surface area contributed by atoms with Crippen LogP contribution in [0.3, 0.4) is 0 Å². The largest absolute Gasteiger partial charge is 0.378 e. The number of nitrogens with one attached hydrogen (secondary N) is 1. The van der Waals surface area contributed by atoms with Crippen molar-refractivity contribution in [2.75, 3.05) is 19.0 Å². The van der Waals surface area contributed by atoms with Gasteiger partial charge in [-0.1, -0.05) is 19.1 Å². The number of hydrogen-bond donors (Lipinski definition) is 1. The van der Waals surface area contributed by atoms with E-state index in [0.29, 0.717) is 5.56 Å². The summed E-state index contributed by atoms with van der Waals surface area (Å²) < 4.78 is 1.84. The van der Waals surface area contributed by atoms with Crippen LogP contribution in [0.25, 0.3) is 0 Å². The molecule has 5 heteroatoms. The number of amides is 1. The molecule has 0 saturated heterocycles. The van der Waals surface area contributed by atoms with Crippen molar-refractivity contribution in [2.45, 2.75) is 46.2 Å². The molecule has 0 aliphatic carbocycles. The molecule has 1 aromatic carbocycles. The number of anilines is 1. The number of benzene rings is 1. The van der Waals surface area contributed by atoms with E-state index in [9.17, 15) is 4.79 Å². The van der Waals surface area contributed by atoms with E-state index in [-0.39, 0.29) is 11.9 Å². The predicted molar refractivity (Wildman–Crippen MR) is 98.7 cm³/mol. The predicted octanol–water partition coefficient (Wildman–Crippen LogP) is 3.03. The normalized spacial score (nSPS) is 12.0. The second-order valence-electron chi connectivity index (χ2n) is 6.53. The zero-order valence-corrected chi connectivity index (χ0v) is 15.3. The Morgan fingerprint density at radius 1 is 1.29 bits per heavy atom. The van der Waals surface area contributed by atoms with Crippen LogP contribution in [0.5, 0.6) is 0 Å². The van der Waals surface area contributed by atoms with Gasteiger partial charge in [0.25, 0.3) is 5.91 Å². The third-order valence-corrected chi connectivity index (χ3v) is 4.02. The second-order valence-corrected chi connectivity index (χ2v) is 6.53. The molecule has 1 aromatic heterocycles. The van der Waals surface area contributed by atoms with Gasteiger partial charge in [0.1, 0.15) is 0 Å². The van der Waals surface area contributed by atoms with Gasteiger partial charge < -0.3 is 10.2 Å². The topological polar surface area (TPSA) is 50.2 Å². The van der Waals surface area contributed by atoms with Crippen molar-refractivity contribution in [3.8, 4) is 0 Å². The highest BCUT2D eigenvalue weighted by molar-refractivity contribution is 5.95. The molecule has 0 saturated carbocycles. The third kappa shape index (κ3) is 4.60. The number of nitrogens with zero attached hydrogens (tertiary/aromatic N) is 3. The first-order valence-corrected chi connectivity index (χ1v) is 8.52. The molecule has 2 aromatic rings. The lowest BCUT2D eigenvalue weighted by molar-refractivity contribution is 0.0939. The average Bonchev–Trinajstić information content (AvgIpc) is 2.88. The number of carbonyl (C=O) groups is 1. The van der Waals surface area contributed by atoms with Gasteiger partial charge in [-0.3, -0.25) is 9.48 Å². The number of rotatable bonds is 7. The van der Waals surface area contributed by atoms with Crippen LogP contribution in [0.1, 0.15) is 41.9 Å². The van der Waals surface area contributed by atoms with Gasteiger partial charge in [0.15, 0.2) is 0 Å². The van der Waals surface area contributed by atoms with E-state index in [4.69, 9.17) is 0 Å². The van der Waals surface area contributed by atoms with Crippen LogP contribution in [0, 0.1) is 6.92 Å². The fourth-order valence-electron chi connectivity index (χ4n) is 2.72. The molecule has 0 spiro atoms. The smallest absolute Gasteiger partial charge is 0.254 e. The van der Waals surface area contributed by atoms with Gasteiger partial charge in [0.2, 0.25) is 0 Å². The Hall–Kier alpha value is -2.30. The minimum Gasteiger partial charge on any atom is -0.378 e. The number of aromatic nitrogens is 2. The summed E-state index contributed by atoms with van der Waals surface area (Å²) in [5.74, 6) is -0.0488. The molecule has 1 amide bonds. The van der Waals surface area contributed by atoms with Gasteiger partial charge in [0, 0.05) is 38.6 Å².